The summed E-state index contributed by atoms with van der Waals surface area (Å²) in [6.07, 6.45) is 4.33. The van der Waals surface area contributed by atoms with Crippen LogP contribution >= 0.6 is 0 Å². The third-order valence-electron chi connectivity index (χ3n) is 7.04. The molecule has 0 aliphatic carbocycles. The van der Waals surface area contributed by atoms with Crippen molar-refractivity contribution in [2.75, 3.05) is 33.0 Å². The molecule has 196 valence electrons. The van der Waals surface area contributed by atoms with E-state index >= 15 is 0 Å². The van der Waals surface area contributed by atoms with Gasteiger partial charge >= 0.3 is 5.97 Å². The third kappa shape index (κ3) is 6.67. The smallest absolute Gasteiger partial charge is 0.308 e. The molecule has 1 amide bonds. The Balaban J connectivity index is 1.91. The summed E-state index contributed by atoms with van der Waals surface area (Å²) in [5, 5.41) is 11.9. The van der Waals surface area contributed by atoms with E-state index in [-0.39, 0.29) is 36.6 Å². The van der Waals surface area contributed by atoms with Crippen molar-refractivity contribution >= 4 is 11.9 Å². The molecule has 1 aromatic carbocycles. The van der Waals surface area contributed by atoms with Gasteiger partial charge in [-0.2, -0.15) is 0 Å². The lowest BCUT2D eigenvalue weighted by Gasteiger charge is -2.35. The average Bonchev–Trinajstić information content (AvgIpc) is 3.40. The molecule has 0 spiro atoms. The molecule has 2 heterocycles. The van der Waals surface area contributed by atoms with Crippen LogP contribution in [0.5, 0.6) is 11.5 Å². The van der Waals surface area contributed by atoms with Gasteiger partial charge in [0.1, 0.15) is 0 Å². The first-order chi connectivity index (χ1) is 16.7. The SMILES string of the molecule is CCCON(CCC)C(=O)CN1C[C@H](c2ccc3c(c2)OCO3)C(C(=O)O)[C@@H]1CC(C)(C)CCC. The number of fused-ring (bicyclic) bond motifs is 1. The minimum Gasteiger partial charge on any atom is -0.481 e. The zero-order chi connectivity index (χ0) is 25.6. The molecule has 3 atom stereocenters. The molecule has 0 bridgehead atoms. The molecule has 35 heavy (non-hydrogen) atoms. The summed E-state index contributed by atoms with van der Waals surface area (Å²) < 4.78 is 11.0. The van der Waals surface area contributed by atoms with Crippen LogP contribution in [0.4, 0.5) is 0 Å². The van der Waals surface area contributed by atoms with Gasteiger partial charge in [0, 0.05) is 25.0 Å². The summed E-state index contributed by atoms with van der Waals surface area (Å²) in [5.41, 5.74) is 0.863. The molecular weight excluding hydrogens is 448 g/mol. The quantitative estimate of drug-likeness (QED) is 0.402. The molecule has 1 fully saturated rings. The summed E-state index contributed by atoms with van der Waals surface area (Å²) in [6, 6.07) is 5.42. The zero-order valence-electron chi connectivity index (χ0n) is 21.9. The van der Waals surface area contributed by atoms with Gasteiger partial charge in [-0.1, -0.05) is 47.1 Å². The van der Waals surface area contributed by atoms with Crippen LogP contribution in [-0.2, 0) is 14.4 Å². The van der Waals surface area contributed by atoms with E-state index < -0.39 is 11.9 Å². The Morgan fingerprint density at radius 2 is 1.89 bits per heavy atom. The maximum atomic E-state index is 13.3. The standard InChI is InChI=1S/C27H42N2O6/c1-6-11-27(4,5)15-21-25(26(31)32)20(19-9-10-22-23(14-19)34-18-33-22)16-28(21)17-24(30)29(12-7-2)35-13-8-3/h9-10,14,20-21,25H,6-8,11-13,15-18H2,1-5H3,(H,31,32)/t20-,21+,25?/m1/s1. The number of carboxylic acid groups (broad SMARTS) is 1. The molecule has 8 nitrogen and oxygen atoms in total. The van der Waals surface area contributed by atoms with Crippen LogP contribution in [0.2, 0.25) is 0 Å². The Bertz CT molecular complexity index is 873. The minimum absolute atomic E-state index is 0.0417. The number of hydrogen-bond donors (Lipinski definition) is 1. The number of carboxylic acids is 1. The predicted molar refractivity (Wildman–Crippen MR) is 133 cm³/mol. The van der Waals surface area contributed by atoms with Crippen LogP contribution in [0, 0.1) is 11.3 Å². The third-order valence-corrected chi connectivity index (χ3v) is 7.04. The Morgan fingerprint density at radius 1 is 1.14 bits per heavy atom. The second-order valence-corrected chi connectivity index (χ2v) is 10.5. The fourth-order valence-electron chi connectivity index (χ4n) is 5.49. The maximum absolute atomic E-state index is 13.3. The summed E-state index contributed by atoms with van der Waals surface area (Å²) in [5.74, 6) is -0.508. The molecule has 1 saturated heterocycles. The predicted octanol–water partition coefficient (Wildman–Crippen LogP) is 4.68. The molecule has 1 aromatic rings. The van der Waals surface area contributed by atoms with Gasteiger partial charge in [0.25, 0.3) is 5.91 Å². The number of ether oxygens (including phenoxy) is 2. The maximum Gasteiger partial charge on any atom is 0.308 e. The van der Waals surface area contributed by atoms with Crippen molar-refractivity contribution < 1.29 is 29.0 Å². The normalized spacial score (nSPS) is 21.9. The van der Waals surface area contributed by atoms with Crippen LogP contribution < -0.4 is 9.47 Å². The van der Waals surface area contributed by atoms with Crippen molar-refractivity contribution in [1.82, 2.24) is 9.96 Å². The topological polar surface area (TPSA) is 88.5 Å². The van der Waals surface area contributed by atoms with E-state index in [2.05, 4.69) is 25.7 Å². The highest BCUT2D eigenvalue weighted by molar-refractivity contribution is 5.78. The minimum atomic E-state index is -0.826. The second-order valence-electron chi connectivity index (χ2n) is 10.5. The van der Waals surface area contributed by atoms with E-state index in [4.69, 9.17) is 14.3 Å². The van der Waals surface area contributed by atoms with Crippen molar-refractivity contribution in [2.45, 2.75) is 78.7 Å². The van der Waals surface area contributed by atoms with Crippen molar-refractivity contribution in [1.29, 1.82) is 0 Å². The van der Waals surface area contributed by atoms with Crippen LogP contribution in [0.15, 0.2) is 18.2 Å². The fraction of sp³-hybridized carbons (Fsp3) is 0.704. The summed E-state index contributed by atoms with van der Waals surface area (Å²) in [4.78, 5) is 33.8. The summed E-state index contributed by atoms with van der Waals surface area (Å²) in [7, 11) is 0. The van der Waals surface area contributed by atoms with Crippen LogP contribution in [0.3, 0.4) is 0 Å². The number of aliphatic carboxylic acids is 1. The van der Waals surface area contributed by atoms with Crippen LogP contribution in [0.25, 0.3) is 0 Å². The highest BCUT2D eigenvalue weighted by Crippen LogP contribution is 2.45. The van der Waals surface area contributed by atoms with Gasteiger partial charge in [-0.25, -0.2) is 5.06 Å². The second kappa shape index (κ2) is 12.1. The monoisotopic (exact) mass is 490 g/mol. The number of carbonyl (C=O) groups is 2. The first kappa shape index (κ1) is 27.3. The Hall–Kier alpha value is -2.32. The highest BCUT2D eigenvalue weighted by Gasteiger charge is 2.49. The van der Waals surface area contributed by atoms with Crippen molar-refractivity contribution in [3.8, 4) is 11.5 Å². The van der Waals surface area contributed by atoms with Gasteiger partial charge in [-0.15, -0.1) is 0 Å². The number of likely N-dealkylation sites (tertiary alicyclic amines) is 1. The van der Waals surface area contributed by atoms with E-state index in [1.54, 1.807) is 0 Å². The Morgan fingerprint density at radius 3 is 2.54 bits per heavy atom. The Labute approximate surface area is 209 Å². The number of carbonyl (C=O) groups excluding carboxylic acids is 1. The molecule has 1 unspecified atom stereocenters. The lowest BCUT2D eigenvalue weighted by Crippen LogP contribution is -2.45. The number of hydrogen-bond acceptors (Lipinski definition) is 6. The number of benzene rings is 1. The average molecular weight is 491 g/mol. The van der Waals surface area contributed by atoms with Crippen LogP contribution in [-0.4, -0.2) is 66.0 Å². The van der Waals surface area contributed by atoms with Gasteiger partial charge in [0.15, 0.2) is 11.5 Å². The molecule has 0 saturated carbocycles. The molecule has 0 radical (unpaired) electrons. The van der Waals surface area contributed by atoms with Crippen LogP contribution in [0.1, 0.15) is 78.2 Å². The van der Waals surface area contributed by atoms with Gasteiger partial charge in [-0.05, 0) is 48.8 Å². The first-order valence-electron chi connectivity index (χ1n) is 13.0. The number of amides is 1. The van der Waals surface area contributed by atoms with E-state index in [9.17, 15) is 14.7 Å². The molecule has 3 rings (SSSR count). The summed E-state index contributed by atoms with van der Waals surface area (Å²) in [6.45, 7) is 12.4. The van der Waals surface area contributed by atoms with Gasteiger partial charge in [0.2, 0.25) is 6.79 Å². The highest BCUT2D eigenvalue weighted by atomic mass is 16.7. The summed E-state index contributed by atoms with van der Waals surface area (Å²) >= 11 is 0. The molecule has 2 aliphatic rings. The Kier molecular flexibility index (Phi) is 9.41. The fourth-order valence-corrected chi connectivity index (χ4v) is 5.49. The van der Waals surface area contributed by atoms with Crippen molar-refractivity contribution in [3.63, 3.8) is 0 Å². The van der Waals surface area contributed by atoms with Gasteiger partial charge < -0.3 is 14.6 Å². The van der Waals surface area contributed by atoms with E-state index in [0.29, 0.717) is 37.6 Å². The first-order valence-corrected chi connectivity index (χ1v) is 13.0. The van der Waals surface area contributed by atoms with E-state index in [1.807, 2.05) is 32.0 Å². The largest absolute Gasteiger partial charge is 0.481 e. The van der Waals surface area contributed by atoms with E-state index in [0.717, 1.165) is 31.2 Å². The van der Waals surface area contributed by atoms with Gasteiger partial charge in [0.05, 0.1) is 19.1 Å². The molecule has 8 heteroatoms. The zero-order valence-corrected chi connectivity index (χ0v) is 21.9. The van der Waals surface area contributed by atoms with Gasteiger partial charge in [-0.3, -0.25) is 19.3 Å². The lowest BCUT2D eigenvalue weighted by atomic mass is 9.76. The number of hydroxylamine groups is 2. The molecular formula is C27H42N2O6. The molecule has 0 aromatic heterocycles. The number of rotatable bonds is 13. The number of nitrogens with zero attached hydrogens (tertiary/aromatic N) is 2. The lowest BCUT2D eigenvalue weighted by molar-refractivity contribution is -0.188. The molecule has 2 aliphatic heterocycles. The van der Waals surface area contributed by atoms with Crippen molar-refractivity contribution in [2.24, 2.45) is 11.3 Å². The molecule has 1 N–H and O–H groups in total. The van der Waals surface area contributed by atoms with Crippen molar-refractivity contribution in [3.05, 3.63) is 23.8 Å². The van der Waals surface area contributed by atoms with E-state index in [1.165, 1.54) is 5.06 Å².